The van der Waals surface area contributed by atoms with Gasteiger partial charge in [-0.25, -0.2) is 0 Å². The van der Waals surface area contributed by atoms with Gasteiger partial charge in [0.25, 0.3) is 0 Å². The van der Waals surface area contributed by atoms with Crippen molar-refractivity contribution in [3.8, 4) is 0 Å². The first-order valence-corrected chi connectivity index (χ1v) is 3.56. The van der Waals surface area contributed by atoms with E-state index < -0.39 is 0 Å². The molecular formula is C9H14N. The molecule has 0 aliphatic heterocycles. The van der Waals surface area contributed by atoms with Crippen LogP contribution >= 0.6 is 0 Å². The largest absolute Gasteiger partial charge is 0.349 e. The van der Waals surface area contributed by atoms with Crippen LogP contribution in [0.5, 0.6) is 0 Å². The van der Waals surface area contributed by atoms with E-state index in [9.17, 15) is 0 Å². The van der Waals surface area contributed by atoms with Gasteiger partial charge in [-0.15, -0.1) is 0 Å². The maximum Gasteiger partial charge on any atom is 0.0591 e. The van der Waals surface area contributed by atoms with Gasteiger partial charge in [0.2, 0.25) is 0 Å². The van der Waals surface area contributed by atoms with Gasteiger partial charge in [0.1, 0.15) is 0 Å². The summed E-state index contributed by atoms with van der Waals surface area (Å²) in [7, 11) is 0. The molecule has 0 aromatic carbocycles. The fraction of sp³-hybridized carbons (Fsp3) is 0.444. The van der Waals surface area contributed by atoms with Crippen molar-refractivity contribution in [1.82, 2.24) is 4.57 Å². The molecule has 55 valence electrons. The van der Waals surface area contributed by atoms with Crippen LogP contribution < -0.4 is 0 Å². The monoisotopic (exact) mass is 136 g/mol. The molecule has 10 heavy (non-hydrogen) atoms. The first-order valence-electron chi connectivity index (χ1n) is 3.56. The van der Waals surface area contributed by atoms with Gasteiger partial charge in [-0.2, -0.15) is 0 Å². The Morgan fingerprint density at radius 1 is 1.10 bits per heavy atom. The standard InChI is InChI=1S/C9H14N/c1-9(2,3)8-10-6-4-5-7-10/h4-8H,1-3H3. The first kappa shape index (κ1) is 7.39. The van der Waals surface area contributed by atoms with Crippen LogP contribution in [-0.2, 0) is 0 Å². The van der Waals surface area contributed by atoms with Gasteiger partial charge < -0.3 is 4.57 Å². The summed E-state index contributed by atoms with van der Waals surface area (Å²) in [6.45, 7) is 8.75. The van der Waals surface area contributed by atoms with E-state index >= 15 is 0 Å². The molecule has 1 aromatic heterocycles. The molecule has 0 spiro atoms. The highest BCUT2D eigenvalue weighted by Crippen LogP contribution is 2.17. The van der Waals surface area contributed by atoms with Crippen molar-refractivity contribution in [3.05, 3.63) is 31.1 Å². The average molecular weight is 136 g/mol. The molecule has 1 heterocycles. The average Bonchev–Trinajstić information content (AvgIpc) is 2.12. The molecule has 0 saturated heterocycles. The Labute approximate surface area is 62.7 Å². The lowest BCUT2D eigenvalue weighted by atomic mass is 9.97. The van der Waals surface area contributed by atoms with Crippen molar-refractivity contribution in [2.75, 3.05) is 0 Å². The molecule has 1 rings (SSSR count). The van der Waals surface area contributed by atoms with Gasteiger partial charge in [0.15, 0.2) is 0 Å². The maximum atomic E-state index is 2.19. The fourth-order valence-electron chi connectivity index (χ4n) is 0.881. The third-order valence-corrected chi connectivity index (χ3v) is 1.16. The van der Waals surface area contributed by atoms with Gasteiger partial charge in [-0.05, 0) is 17.5 Å². The molecule has 0 saturated carbocycles. The van der Waals surface area contributed by atoms with Crippen molar-refractivity contribution < 1.29 is 0 Å². The van der Waals surface area contributed by atoms with Crippen molar-refractivity contribution >= 4 is 0 Å². The Hall–Kier alpha value is -0.720. The molecule has 0 bridgehead atoms. The highest BCUT2D eigenvalue weighted by atomic mass is 14.9. The van der Waals surface area contributed by atoms with Crippen molar-refractivity contribution in [2.45, 2.75) is 20.8 Å². The molecule has 1 radical (unpaired) electrons. The van der Waals surface area contributed by atoms with E-state index in [0.29, 0.717) is 0 Å². The molecule has 0 N–H and O–H groups in total. The van der Waals surface area contributed by atoms with Gasteiger partial charge in [-0.3, -0.25) is 0 Å². The molecule has 0 unspecified atom stereocenters. The van der Waals surface area contributed by atoms with Crippen molar-refractivity contribution in [3.63, 3.8) is 0 Å². The third kappa shape index (κ3) is 2.26. The van der Waals surface area contributed by atoms with Crippen LogP contribution in [0.15, 0.2) is 24.5 Å². The number of rotatable bonds is 1. The summed E-state index contributed by atoms with van der Waals surface area (Å²) < 4.78 is 2.08. The third-order valence-electron chi connectivity index (χ3n) is 1.16. The summed E-state index contributed by atoms with van der Waals surface area (Å²) in [6, 6.07) is 4.06. The molecule has 1 aromatic rings. The smallest absolute Gasteiger partial charge is 0.0591 e. The summed E-state index contributed by atoms with van der Waals surface area (Å²) in [4.78, 5) is 0. The first-order chi connectivity index (χ1) is 4.58. The minimum Gasteiger partial charge on any atom is -0.349 e. The van der Waals surface area contributed by atoms with E-state index in [0.717, 1.165) is 0 Å². The Balaban J connectivity index is 2.57. The maximum absolute atomic E-state index is 2.19. The lowest BCUT2D eigenvalue weighted by molar-refractivity contribution is 0.462. The normalized spacial score (nSPS) is 11.9. The summed E-state index contributed by atoms with van der Waals surface area (Å²) >= 11 is 0. The van der Waals surface area contributed by atoms with Gasteiger partial charge >= 0.3 is 0 Å². The summed E-state index contributed by atoms with van der Waals surface area (Å²) in [5.41, 5.74) is 0.263. The minimum atomic E-state index is 0.263. The summed E-state index contributed by atoms with van der Waals surface area (Å²) in [5, 5.41) is 0. The van der Waals surface area contributed by atoms with E-state index in [-0.39, 0.29) is 5.41 Å². The van der Waals surface area contributed by atoms with Gasteiger partial charge in [-0.1, -0.05) is 20.8 Å². The quantitative estimate of drug-likeness (QED) is 0.559. The molecule has 0 atom stereocenters. The van der Waals surface area contributed by atoms with Crippen molar-refractivity contribution in [1.29, 1.82) is 0 Å². The highest BCUT2D eigenvalue weighted by Gasteiger charge is 2.10. The van der Waals surface area contributed by atoms with Crippen LogP contribution in [0.25, 0.3) is 0 Å². The zero-order chi connectivity index (χ0) is 7.61. The molecule has 0 amide bonds. The number of aromatic nitrogens is 1. The second-order valence-electron chi connectivity index (χ2n) is 3.63. The summed E-state index contributed by atoms with van der Waals surface area (Å²) in [5.74, 6) is 0. The Morgan fingerprint density at radius 3 is 2.00 bits per heavy atom. The number of nitrogens with zero attached hydrogens (tertiary/aromatic N) is 1. The van der Waals surface area contributed by atoms with Crippen molar-refractivity contribution in [2.24, 2.45) is 5.41 Å². The lowest BCUT2D eigenvalue weighted by Crippen LogP contribution is -2.10. The van der Waals surface area contributed by atoms with E-state index in [1.54, 1.807) is 0 Å². The highest BCUT2D eigenvalue weighted by molar-refractivity contribution is 4.97. The second kappa shape index (κ2) is 2.49. The Bertz CT molecular complexity index is 179. The second-order valence-corrected chi connectivity index (χ2v) is 3.63. The van der Waals surface area contributed by atoms with Crippen LogP contribution in [0.3, 0.4) is 0 Å². The van der Waals surface area contributed by atoms with E-state index in [2.05, 4.69) is 31.9 Å². The van der Waals surface area contributed by atoms with Crippen LogP contribution in [0.4, 0.5) is 0 Å². The Morgan fingerprint density at radius 2 is 1.60 bits per heavy atom. The molecule has 0 fully saturated rings. The molecule has 0 aliphatic carbocycles. The Kier molecular flexibility index (Phi) is 1.84. The van der Waals surface area contributed by atoms with Gasteiger partial charge in [0.05, 0.1) is 6.54 Å². The topological polar surface area (TPSA) is 4.93 Å². The SMILES string of the molecule is CC(C)(C)[CH]n1cccc1. The van der Waals surface area contributed by atoms with Crippen LogP contribution in [0.1, 0.15) is 20.8 Å². The molecular weight excluding hydrogens is 122 g/mol. The van der Waals surface area contributed by atoms with Crippen LogP contribution in [0.2, 0.25) is 0 Å². The summed E-state index contributed by atoms with van der Waals surface area (Å²) in [6.07, 6.45) is 4.09. The van der Waals surface area contributed by atoms with E-state index in [1.807, 2.05) is 24.5 Å². The molecule has 0 aliphatic rings. The minimum absolute atomic E-state index is 0.263. The predicted octanol–water partition coefficient (Wildman–Crippen LogP) is 2.54. The van der Waals surface area contributed by atoms with Crippen LogP contribution in [-0.4, -0.2) is 4.57 Å². The van der Waals surface area contributed by atoms with Crippen LogP contribution in [0, 0.1) is 12.0 Å². The number of hydrogen-bond acceptors (Lipinski definition) is 0. The zero-order valence-corrected chi connectivity index (χ0v) is 6.83. The molecule has 1 nitrogen and oxygen atoms in total. The van der Waals surface area contributed by atoms with E-state index in [4.69, 9.17) is 0 Å². The number of hydrogen-bond donors (Lipinski definition) is 0. The molecule has 1 heteroatoms. The fourth-order valence-corrected chi connectivity index (χ4v) is 0.881. The zero-order valence-electron chi connectivity index (χ0n) is 6.83. The van der Waals surface area contributed by atoms with Gasteiger partial charge in [0, 0.05) is 12.4 Å². The van der Waals surface area contributed by atoms with E-state index in [1.165, 1.54) is 0 Å². The predicted molar refractivity (Wildman–Crippen MR) is 43.6 cm³/mol. The lowest BCUT2D eigenvalue weighted by Gasteiger charge is -2.17.